The molecule has 0 saturated heterocycles. The predicted molar refractivity (Wildman–Crippen MR) is 30.5 cm³/mol. The Labute approximate surface area is 91.9 Å². The number of hydrogen-bond acceptors (Lipinski definition) is 6. The largest absolute Gasteiger partial charge is 1.00 e. The van der Waals surface area contributed by atoms with Crippen molar-refractivity contribution >= 4 is 16.5 Å². The molecule has 0 rings (SSSR count). The SMILES string of the molecule is O=[P+]([O-])OC(CO)O[P+](=O)O.[Na+]. The molecule has 7 nitrogen and oxygen atoms in total. The van der Waals surface area contributed by atoms with E-state index in [4.69, 9.17) is 10.00 Å². The van der Waals surface area contributed by atoms with E-state index in [2.05, 4.69) is 9.05 Å². The summed E-state index contributed by atoms with van der Waals surface area (Å²) >= 11 is 0. The zero-order valence-electron chi connectivity index (χ0n) is 6.11. The molecular weight excluding hydrogens is 221 g/mol. The second kappa shape index (κ2) is 8.59. The molecule has 10 heteroatoms. The van der Waals surface area contributed by atoms with Gasteiger partial charge in [-0.25, -0.2) is 0 Å². The minimum absolute atomic E-state index is 0. The summed E-state index contributed by atoms with van der Waals surface area (Å²) in [5.74, 6) is 0. The first-order valence-electron chi connectivity index (χ1n) is 2.31. The Morgan fingerprint density at radius 2 is 1.92 bits per heavy atom. The minimum atomic E-state index is -3.20. The van der Waals surface area contributed by atoms with Crippen molar-refractivity contribution in [2.75, 3.05) is 6.61 Å². The normalized spacial score (nSPS) is 14.6. The predicted octanol–water partition coefficient (Wildman–Crippen LogP) is -3.99. The maximum Gasteiger partial charge on any atom is 1.00 e. The Bertz CT molecular complexity index is 145. The Morgan fingerprint density at radius 1 is 1.42 bits per heavy atom. The van der Waals surface area contributed by atoms with E-state index in [1.807, 2.05) is 0 Å². The molecule has 0 spiro atoms. The van der Waals surface area contributed by atoms with Gasteiger partial charge in [-0.05, 0) is 4.57 Å². The van der Waals surface area contributed by atoms with Crippen LogP contribution in [0.2, 0.25) is 0 Å². The molecular formula is C2H5NaO7P2+2. The van der Waals surface area contributed by atoms with Crippen LogP contribution in [0, 0.1) is 0 Å². The maximum atomic E-state index is 9.89. The fourth-order valence-electron chi connectivity index (χ4n) is 0.282. The topological polar surface area (TPSA) is 116 Å². The third-order valence-electron chi connectivity index (χ3n) is 0.560. The summed E-state index contributed by atoms with van der Waals surface area (Å²) in [6.07, 6.45) is -1.61. The number of hydrogen-bond donors (Lipinski definition) is 2. The van der Waals surface area contributed by atoms with Crippen molar-refractivity contribution in [2.45, 2.75) is 6.29 Å². The molecule has 0 saturated carbocycles. The van der Waals surface area contributed by atoms with Crippen LogP contribution in [-0.2, 0) is 18.2 Å². The molecule has 0 radical (unpaired) electrons. The van der Waals surface area contributed by atoms with Gasteiger partial charge < -0.3 is 10.00 Å². The molecule has 0 aliphatic heterocycles. The Morgan fingerprint density at radius 3 is 2.17 bits per heavy atom. The Balaban J connectivity index is 0. The second-order valence-electron chi connectivity index (χ2n) is 1.28. The molecule has 2 N–H and O–H groups in total. The summed E-state index contributed by atoms with van der Waals surface area (Å²) in [6.45, 7) is -0.815. The van der Waals surface area contributed by atoms with Gasteiger partial charge in [0.05, 0.1) is 0 Å². The molecule has 0 aromatic rings. The van der Waals surface area contributed by atoms with Gasteiger partial charge in [0.1, 0.15) is 6.61 Å². The zero-order chi connectivity index (χ0) is 8.85. The molecule has 0 heterocycles. The third kappa shape index (κ3) is 9.09. The van der Waals surface area contributed by atoms with Crippen molar-refractivity contribution in [1.82, 2.24) is 0 Å². The van der Waals surface area contributed by atoms with Gasteiger partial charge >= 0.3 is 46.1 Å². The summed E-state index contributed by atoms with van der Waals surface area (Å²) in [5, 5.41) is 8.27. The van der Waals surface area contributed by atoms with E-state index in [1.165, 1.54) is 0 Å². The fourth-order valence-corrected chi connectivity index (χ4v) is 0.963. The molecule has 0 bridgehead atoms. The van der Waals surface area contributed by atoms with Gasteiger partial charge in [-0.1, -0.05) is 4.52 Å². The zero-order valence-corrected chi connectivity index (χ0v) is 9.90. The van der Waals surface area contributed by atoms with Crippen molar-refractivity contribution in [3.05, 3.63) is 0 Å². The molecule has 0 aromatic heterocycles. The first-order valence-corrected chi connectivity index (χ1v) is 4.53. The minimum Gasteiger partial charge on any atom is -0.566 e. The molecule has 0 aliphatic rings. The Kier molecular flexibility index (Phi) is 11.1. The summed E-state index contributed by atoms with van der Waals surface area (Å²) < 4.78 is 27.5. The van der Waals surface area contributed by atoms with E-state index in [-0.39, 0.29) is 29.6 Å². The maximum absolute atomic E-state index is 9.89. The van der Waals surface area contributed by atoms with Crippen molar-refractivity contribution < 1.29 is 62.6 Å². The van der Waals surface area contributed by atoms with E-state index in [9.17, 15) is 14.0 Å². The van der Waals surface area contributed by atoms with E-state index in [1.54, 1.807) is 0 Å². The molecule has 0 aromatic carbocycles. The van der Waals surface area contributed by atoms with E-state index in [0.29, 0.717) is 0 Å². The first kappa shape index (κ1) is 15.5. The molecule has 12 heavy (non-hydrogen) atoms. The molecule has 64 valence electrons. The number of aliphatic hydroxyl groups excluding tert-OH is 1. The summed E-state index contributed by atoms with van der Waals surface area (Å²) in [6, 6.07) is 0. The van der Waals surface area contributed by atoms with Crippen LogP contribution in [0.5, 0.6) is 0 Å². The van der Waals surface area contributed by atoms with Crippen LogP contribution in [0.25, 0.3) is 0 Å². The van der Waals surface area contributed by atoms with E-state index >= 15 is 0 Å². The van der Waals surface area contributed by atoms with Crippen LogP contribution in [0.3, 0.4) is 0 Å². The summed E-state index contributed by atoms with van der Waals surface area (Å²) in [4.78, 5) is 17.9. The smallest absolute Gasteiger partial charge is 0.566 e. The van der Waals surface area contributed by atoms with Crippen LogP contribution in [0.15, 0.2) is 0 Å². The van der Waals surface area contributed by atoms with Crippen molar-refractivity contribution in [3.8, 4) is 0 Å². The van der Waals surface area contributed by atoms with Gasteiger partial charge in [0.2, 0.25) is 0 Å². The average Bonchev–Trinajstić information content (AvgIpc) is 1.84. The van der Waals surface area contributed by atoms with Gasteiger partial charge in [-0.15, -0.1) is 9.42 Å². The van der Waals surface area contributed by atoms with Gasteiger partial charge in [-0.3, -0.25) is 0 Å². The quantitative estimate of drug-likeness (QED) is 0.279. The second-order valence-corrected chi connectivity index (χ2v) is 2.63. The van der Waals surface area contributed by atoms with E-state index in [0.717, 1.165) is 0 Å². The van der Waals surface area contributed by atoms with Crippen molar-refractivity contribution in [1.29, 1.82) is 0 Å². The molecule has 0 fully saturated rings. The van der Waals surface area contributed by atoms with Crippen LogP contribution < -0.4 is 34.5 Å². The van der Waals surface area contributed by atoms with Crippen molar-refractivity contribution in [2.24, 2.45) is 0 Å². The summed E-state index contributed by atoms with van der Waals surface area (Å²) in [5.41, 5.74) is 0. The molecule has 0 aliphatic carbocycles. The van der Waals surface area contributed by atoms with E-state index < -0.39 is 29.4 Å². The molecule has 3 atom stereocenters. The van der Waals surface area contributed by atoms with Gasteiger partial charge in [0.15, 0.2) is 0 Å². The van der Waals surface area contributed by atoms with Crippen LogP contribution in [0.1, 0.15) is 0 Å². The monoisotopic (exact) mass is 226 g/mol. The average molecular weight is 226 g/mol. The number of rotatable bonds is 5. The standard InChI is InChI=1S/C2H4O7P2.Na/c3-1-2(8-10(4)5)9-11(6)7;/h2-3H,1H2;/q;+1/p+1. The van der Waals surface area contributed by atoms with Gasteiger partial charge in [0.25, 0.3) is 6.29 Å². The van der Waals surface area contributed by atoms with Crippen LogP contribution >= 0.6 is 16.5 Å². The van der Waals surface area contributed by atoms with Crippen LogP contribution in [-0.4, -0.2) is 22.9 Å². The first-order chi connectivity index (χ1) is 5.06. The Hall–Kier alpha value is 1.00. The third-order valence-corrected chi connectivity index (χ3v) is 1.38. The van der Waals surface area contributed by atoms with Gasteiger partial charge in [0, 0.05) is 4.57 Å². The molecule has 3 unspecified atom stereocenters. The van der Waals surface area contributed by atoms with Crippen LogP contribution in [0.4, 0.5) is 0 Å². The summed E-state index contributed by atoms with van der Waals surface area (Å²) in [7, 11) is -6.18. The molecule has 0 amide bonds. The van der Waals surface area contributed by atoms with Crippen molar-refractivity contribution in [3.63, 3.8) is 0 Å². The number of aliphatic hydroxyl groups is 1. The van der Waals surface area contributed by atoms with Gasteiger partial charge in [-0.2, -0.15) is 0 Å². The fraction of sp³-hybridized carbons (Fsp3) is 1.00.